The lowest BCUT2D eigenvalue weighted by Gasteiger charge is -2.10. The molecule has 9 heteroatoms. The smallest absolute Gasteiger partial charge is 0.416 e. The summed E-state index contributed by atoms with van der Waals surface area (Å²) in [5, 5.41) is 5.02. The number of alkyl halides is 3. The van der Waals surface area contributed by atoms with E-state index in [4.69, 9.17) is 9.15 Å². The molecule has 2 heterocycles. The van der Waals surface area contributed by atoms with Crippen LogP contribution in [-0.2, 0) is 19.3 Å². The molecule has 0 radical (unpaired) electrons. The SMILES string of the molecule is O=C(NCc1ccco1)c1csc(-c2cccc(OCc3cccc(C(F)(F)F)c3)c2)n1. The van der Waals surface area contributed by atoms with E-state index in [0.717, 1.165) is 17.7 Å². The van der Waals surface area contributed by atoms with Crippen LogP contribution in [0.25, 0.3) is 10.6 Å². The standard InChI is InChI=1S/C23H17F3N2O3S/c24-23(25,26)17-6-1-4-15(10-17)13-31-18-7-2-5-16(11-18)22-28-20(14-32-22)21(29)27-12-19-8-3-9-30-19/h1-11,14H,12-13H2,(H,27,29). The van der Waals surface area contributed by atoms with E-state index in [9.17, 15) is 18.0 Å². The normalized spacial score (nSPS) is 11.3. The highest BCUT2D eigenvalue weighted by Crippen LogP contribution is 2.30. The average molecular weight is 458 g/mol. The van der Waals surface area contributed by atoms with Gasteiger partial charge in [0.2, 0.25) is 0 Å². The van der Waals surface area contributed by atoms with Crippen LogP contribution in [0.2, 0.25) is 0 Å². The number of nitrogens with zero attached hydrogens (tertiary/aromatic N) is 1. The first-order valence-electron chi connectivity index (χ1n) is 9.54. The predicted octanol–water partition coefficient (Wildman–Crippen LogP) is 5.93. The molecule has 0 aliphatic rings. The fourth-order valence-electron chi connectivity index (χ4n) is 2.90. The molecule has 2 aromatic carbocycles. The van der Waals surface area contributed by atoms with Gasteiger partial charge in [0, 0.05) is 10.9 Å². The number of rotatable bonds is 7. The van der Waals surface area contributed by atoms with Crippen molar-refractivity contribution in [2.75, 3.05) is 0 Å². The van der Waals surface area contributed by atoms with Gasteiger partial charge in [0.1, 0.15) is 28.8 Å². The Kier molecular flexibility index (Phi) is 6.27. The molecule has 0 bridgehead atoms. The number of nitrogens with one attached hydrogen (secondary N) is 1. The second-order valence-electron chi connectivity index (χ2n) is 6.81. The number of aromatic nitrogens is 1. The third kappa shape index (κ3) is 5.36. The second-order valence-corrected chi connectivity index (χ2v) is 7.67. The van der Waals surface area contributed by atoms with Gasteiger partial charge in [0.05, 0.1) is 18.4 Å². The van der Waals surface area contributed by atoms with Crippen molar-refractivity contribution in [2.45, 2.75) is 19.3 Å². The lowest BCUT2D eigenvalue weighted by atomic mass is 10.1. The van der Waals surface area contributed by atoms with Crippen LogP contribution in [0, 0.1) is 0 Å². The Hall–Kier alpha value is -3.59. The maximum atomic E-state index is 12.9. The number of ether oxygens (including phenoxy) is 1. The second kappa shape index (κ2) is 9.27. The number of carbonyl (C=O) groups is 1. The molecule has 1 N–H and O–H groups in total. The molecule has 0 aliphatic carbocycles. The summed E-state index contributed by atoms with van der Waals surface area (Å²) in [6.07, 6.45) is -2.87. The van der Waals surface area contributed by atoms with E-state index in [1.807, 2.05) is 6.07 Å². The number of hydrogen-bond donors (Lipinski definition) is 1. The zero-order chi connectivity index (χ0) is 22.6. The van der Waals surface area contributed by atoms with Crippen LogP contribution < -0.4 is 10.1 Å². The van der Waals surface area contributed by atoms with Gasteiger partial charge in [-0.3, -0.25) is 4.79 Å². The summed E-state index contributed by atoms with van der Waals surface area (Å²) >= 11 is 1.31. The molecule has 164 valence electrons. The summed E-state index contributed by atoms with van der Waals surface area (Å²) < 4.78 is 49.5. The van der Waals surface area contributed by atoms with Crippen molar-refractivity contribution in [3.8, 4) is 16.3 Å². The minimum Gasteiger partial charge on any atom is -0.489 e. The molecule has 32 heavy (non-hydrogen) atoms. The fraction of sp³-hybridized carbons (Fsp3) is 0.130. The Morgan fingerprint density at radius 1 is 1.09 bits per heavy atom. The van der Waals surface area contributed by atoms with Gasteiger partial charge in [-0.15, -0.1) is 11.3 Å². The minimum atomic E-state index is -4.40. The van der Waals surface area contributed by atoms with Gasteiger partial charge in [-0.1, -0.05) is 24.3 Å². The van der Waals surface area contributed by atoms with Crippen molar-refractivity contribution in [1.82, 2.24) is 10.3 Å². The summed E-state index contributed by atoms with van der Waals surface area (Å²) in [6, 6.07) is 15.5. The molecule has 0 aliphatic heterocycles. The molecule has 2 aromatic heterocycles. The number of hydrogen-bond acceptors (Lipinski definition) is 5. The first-order chi connectivity index (χ1) is 15.4. The average Bonchev–Trinajstić information content (AvgIpc) is 3.48. The van der Waals surface area contributed by atoms with Gasteiger partial charge in [-0.2, -0.15) is 13.2 Å². The summed E-state index contributed by atoms with van der Waals surface area (Å²) in [5.74, 6) is 0.805. The largest absolute Gasteiger partial charge is 0.489 e. The van der Waals surface area contributed by atoms with Crippen molar-refractivity contribution in [2.24, 2.45) is 0 Å². The van der Waals surface area contributed by atoms with E-state index in [2.05, 4.69) is 10.3 Å². The highest BCUT2D eigenvalue weighted by molar-refractivity contribution is 7.13. The van der Waals surface area contributed by atoms with Crippen LogP contribution in [0.15, 0.2) is 76.7 Å². The highest BCUT2D eigenvalue weighted by atomic mass is 32.1. The van der Waals surface area contributed by atoms with Gasteiger partial charge >= 0.3 is 6.18 Å². The Bertz CT molecular complexity index is 1200. The van der Waals surface area contributed by atoms with Gasteiger partial charge < -0.3 is 14.5 Å². The van der Waals surface area contributed by atoms with E-state index in [0.29, 0.717) is 22.1 Å². The van der Waals surface area contributed by atoms with Crippen LogP contribution in [0.1, 0.15) is 27.4 Å². The molecule has 0 atom stereocenters. The van der Waals surface area contributed by atoms with Crippen LogP contribution in [0.3, 0.4) is 0 Å². The molecule has 0 unspecified atom stereocenters. The van der Waals surface area contributed by atoms with Crippen molar-refractivity contribution in [1.29, 1.82) is 0 Å². The third-order valence-electron chi connectivity index (χ3n) is 4.48. The molecule has 0 spiro atoms. The van der Waals surface area contributed by atoms with Crippen LogP contribution >= 0.6 is 11.3 Å². The molecule has 0 saturated heterocycles. The van der Waals surface area contributed by atoms with E-state index in [1.165, 1.54) is 23.7 Å². The van der Waals surface area contributed by atoms with E-state index < -0.39 is 11.7 Å². The zero-order valence-electron chi connectivity index (χ0n) is 16.6. The van der Waals surface area contributed by atoms with Crippen LogP contribution in [0.4, 0.5) is 13.2 Å². The van der Waals surface area contributed by atoms with Crippen molar-refractivity contribution >= 4 is 17.2 Å². The molecule has 4 rings (SSSR count). The predicted molar refractivity (Wildman–Crippen MR) is 113 cm³/mol. The minimum absolute atomic E-state index is 0.00826. The molecular weight excluding hydrogens is 441 g/mol. The molecule has 0 saturated carbocycles. The van der Waals surface area contributed by atoms with E-state index in [-0.39, 0.29) is 24.8 Å². The number of furan rings is 1. The molecular formula is C23H17F3N2O3S. The van der Waals surface area contributed by atoms with Crippen molar-refractivity contribution in [3.05, 3.63) is 94.9 Å². The number of halogens is 3. The third-order valence-corrected chi connectivity index (χ3v) is 5.37. The Morgan fingerprint density at radius 3 is 2.72 bits per heavy atom. The Balaban J connectivity index is 1.40. The molecule has 1 amide bonds. The van der Waals surface area contributed by atoms with Crippen LogP contribution in [0.5, 0.6) is 5.75 Å². The van der Waals surface area contributed by atoms with E-state index >= 15 is 0 Å². The topological polar surface area (TPSA) is 64.4 Å². The lowest BCUT2D eigenvalue weighted by Crippen LogP contribution is -2.22. The van der Waals surface area contributed by atoms with Gasteiger partial charge in [-0.25, -0.2) is 4.98 Å². The number of amides is 1. The van der Waals surface area contributed by atoms with Gasteiger partial charge in [-0.05, 0) is 42.0 Å². The Labute approximate surface area is 185 Å². The fourth-order valence-corrected chi connectivity index (χ4v) is 3.70. The summed E-state index contributed by atoms with van der Waals surface area (Å²) in [5.41, 5.74) is 0.719. The number of thiazole rings is 1. The first kappa shape index (κ1) is 21.6. The maximum absolute atomic E-state index is 12.9. The summed E-state index contributed by atoms with van der Waals surface area (Å²) in [7, 11) is 0. The molecule has 5 nitrogen and oxygen atoms in total. The monoisotopic (exact) mass is 458 g/mol. The van der Waals surface area contributed by atoms with Crippen LogP contribution in [-0.4, -0.2) is 10.9 Å². The molecule has 0 fully saturated rings. The number of carbonyl (C=O) groups excluding carboxylic acids is 1. The van der Waals surface area contributed by atoms with Gasteiger partial charge in [0.15, 0.2) is 0 Å². The van der Waals surface area contributed by atoms with Crippen molar-refractivity contribution in [3.63, 3.8) is 0 Å². The zero-order valence-corrected chi connectivity index (χ0v) is 17.4. The Morgan fingerprint density at radius 2 is 1.94 bits per heavy atom. The van der Waals surface area contributed by atoms with E-state index in [1.54, 1.807) is 41.8 Å². The van der Waals surface area contributed by atoms with Gasteiger partial charge in [0.25, 0.3) is 5.91 Å². The first-order valence-corrected chi connectivity index (χ1v) is 10.4. The molecule has 4 aromatic rings. The quantitative estimate of drug-likeness (QED) is 0.373. The maximum Gasteiger partial charge on any atom is 0.416 e. The summed E-state index contributed by atoms with van der Waals surface area (Å²) in [6.45, 7) is 0.253. The summed E-state index contributed by atoms with van der Waals surface area (Å²) in [4.78, 5) is 16.7. The lowest BCUT2D eigenvalue weighted by molar-refractivity contribution is -0.137. The van der Waals surface area contributed by atoms with Crippen molar-refractivity contribution < 1.29 is 27.1 Å². The number of benzene rings is 2. The highest BCUT2D eigenvalue weighted by Gasteiger charge is 2.30.